The summed E-state index contributed by atoms with van der Waals surface area (Å²) in [6, 6.07) is 0. The summed E-state index contributed by atoms with van der Waals surface area (Å²) in [6.07, 6.45) is 0. The lowest BCUT2D eigenvalue weighted by Gasteiger charge is -2.37. The van der Waals surface area contributed by atoms with Gasteiger partial charge in [-0.05, 0) is 0 Å². The average molecular weight is 380 g/mol. The molecule has 0 atom stereocenters. The van der Waals surface area contributed by atoms with Crippen LogP contribution in [0.5, 0.6) is 0 Å². The number of carboxylic acid groups (broad SMARTS) is 2. The molecule has 150 valence electrons. The monoisotopic (exact) mass is 380 g/mol. The standard InChI is InChI=1S/2C6H11NO3.C2H2O4/c2*1-9-5(8)6(2-7)3-10-4-6;3-1(4)2(5)6/h2*2-4,7H2,1H3;(H,3,4)(H,5,6). The maximum absolute atomic E-state index is 11.0. The number of methoxy groups -OCH3 is 2. The second kappa shape index (κ2) is 10.7. The van der Waals surface area contributed by atoms with Gasteiger partial charge < -0.3 is 40.6 Å². The zero-order valence-corrected chi connectivity index (χ0v) is 14.6. The molecule has 0 aromatic carbocycles. The van der Waals surface area contributed by atoms with E-state index >= 15 is 0 Å². The molecule has 0 aromatic heterocycles. The second-order valence-electron chi connectivity index (χ2n) is 5.55. The Hall–Kier alpha value is -2.28. The fraction of sp³-hybridized carbons (Fsp3) is 0.714. The summed E-state index contributed by atoms with van der Waals surface area (Å²) in [5, 5.41) is 14.8. The Bertz CT molecular complexity index is 457. The molecule has 0 unspecified atom stereocenters. The fourth-order valence-electron chi connectivity index (χ4n) is 1.77. The molecular formula is C14H24N2O10. The van der Waals surface area contributed by atoms with Crippen molar-refractivity contribution >= 4 is 23.9 Å². The zero-order valence-electron chi connectivity index (χ0n) is 14.6. The Morgan fingerprint density at radius 3 is 1.12 bits per heavy atom. The predicted octanol–water partition coefficient (Wildman–Crippen LogP) is -2.57. The Morgan fingerprint density at radius 1 is 0.808 bits per heavy atom. The van der Waals surface area contributed by atoms with Crippen LogP contribution >= 0.6 is 0 Å². The van der Waals surface area contributed by atoms with Crippen LogP contribution in [-0.4, -0.2) is 87.8 Å². The third-order valence-electron chi connectivity index (χ3n) is 3.71. The molecule has 2 saturated heterocycles. The first-order valence-corrected chi connectivity index (χ1v) is 7.33. The predicted molar refractivity (Wildman–Crippen MR) is 83.9 cm³/mol. The number of carbonyl (C=O) groups excluding carboxylic acids is 2. The van der Waals surface area contributed by atoms with Crippen molar-refractivity contribution in [1.82, 2.24) is 0 Å². The van der Waals surface area contributed by atoms with Crippen LogP contribution < -0.4 is 11.5 Å². The number of aliphatic carboxylic acids is 2. The first-order chi connectivity index (χ1) is 12.1. The second-order valence-corrected chi connectivity index (χ2v) is 5.55. The molecular weight excluding hydrogens is 356 g/mol. The van der Waals surface area contributed by atoms with Gasteiger partial charge in [0.2, 0.25) is 0 Å². The molecule has 0 saturated carbocycles. The summed E-state index contributed by atoms with van der Waals surface area (Å²) >= 11 is 0. The highest BCUT2D eigenvalue weighted by Crippen LogP contribution is 2.27. The van der Waals surface area contributed by atoms with Crippen molar-refractivity contribution in [2.24, 2.45) is 22.3 Å². The van der Waals surface area contributed by atoms with Crippen molar-refractivity contribution in [1.29, 1.82) is 0 Å². The third kappa shape index (κ3) is 5.91. The van der Waals surface area contributed by atoms with Gasteiger partial charge in [-0.2, -0.15) is 0 Å². The van der Waals surface area contributed by atoms with E-state index in [1.54, 1.807) is 0 Å². The minimum atomic E-state index is -1.82. The van der Waals surface area contributed by atoms with Crippen LogP contribution in [0.3, 0.4) is 0 Å². The molecule has 0 amide bonds. The van der Waals surface area contributed by atoms with Gasteiger partial charge in [-0.15, -0.1) is 0 Å². The summed E-state index contributed by atoms with van der Waals surface area (Å²) in [5.74, 6) is -4.17. The Labute approximate surface area is 149 Å². The third-order valence-corrected chi connectivity index (χ3v) is 3.71. The van der Waals surface area contributed by atoms with E-state index in [1.807, 2.05) is 0 Å². The van der Waals surface area contributed by atoms with Crippen molar-refractivity contribution < 1.29 is 48.3 Å². The van der Waals surface area contributed by atoms with Crippen molar-refractivity contribution in [3.63, 3.8) is 0 Å². The van der Waals surface area contributed by atoms with Gasteiger partial charge in [-0.3, -0.25) is 9.59 Å². The van der Waals surface area contributed by atoms with Gasteiger partial charge in [-0.25, -0.2) is 9.59 Å². The maximum atomic E-state index is 11.0. The smallest absolute Gasteiger partial charge is 0.414 e. The summed E-state index contributed by atoms with van der Waals surface area (Å²) < 4.78 is 18.8. The zero-order chi connectivity index (χ0) is 20.4. The molecule has 0 spiro atoms. The van der Waals surface area contributed by atoms with Crippen LogP contribution in [-0.2, 0) is 38.1 Å². The van der Waals surface area contributed by atoms with E-state index in [4.69, 9.17) is 40.7 Å². The van der Waals surface area contributed by atoms with E-state index in [9.17, 15) is 9.59 Å². The van der Waals surface area contributed by atoms with E-state index in [-0.39, 0.29) is 11.9 Å². The normalized spacial score (nSPS) is 18.2. The first kappa shape index (κ1) is 23.7. The number of hydrogen-bond acceptors (Lipinski definition) is 10. The number of ether oxygens (including phenoxy) is 4. The lowest BCUT2D eigenvalue weighted by molar-refractivity contribution is -0.181. The van der Waals surface area contributed by atoms with E-state index in [1.165, 1.54) is 14.2 Å². The van der Waals surface area contributed by atoms with Crippen LogP contribution in [0.25, 0.3) is 0 Å². The van der Waals surface area contributed by atoms with Gasteiger partial charge in [-0.1, -0.05) is 0 Å². The largest absolute Gasteiger partial charge is 0.473 e. The molecule has 12 nitrogen and oxygen atoms in total. The SMILES string of the molecule is COC(=O)C1(CN)COC1.COC(=O)C1(CN)COC1.O=C(O)C(=O)O. The summed E-state index contributed by atoms with van der Waals surface area (Å²) in [5.41, 5.74) is 9.66. The number of hydrogen-bond donors (Lipinski definition) is 4. The quantitative estimate of drug-likeness (QED) is 0.294. The molecule has 12 heteroatoms. The van der Waals surface area contributed by atoms with Gasteiger partial charge in [0.15, 0.2) is 0 Å². The average Bonchev–Trinajstić information content (AvgIpc) is 2.54. The molecule has 2 aliphatic rings. The van der Waals surface area contributed by atoms with Crippen LogP contribution in [0.4, 0.5) is 0 Å². The molecule has 0 aliphatic carbocycles. The topological polar surface area (TPSA) is 198 Å². The molecule has 0 radical (unpaired) electrons. The Morgan fingerprint density at radius 2 is 1.08 bits per heavy atom. The summed E-state index contributed by atoms with van der Waals surface area (Å²) in [6.45, 7) is 2.21. The molecule has 2 rings (SSSR count). The minimum absolute atomic E-state index is 0.263. The van der Waals surface area contributed by atoms with Gasteiger partial charge in [0.1, 0.15) is 10.8 Å². The highest BCUT2D eigenvalue weighted by Gasteiger charge is 2.46. The van der Waals surface area contributed by atoms with E-state index in [0.29, 0.717) is 39.5 Å². The molecule has 26 heavy (non-hydrogen) atoms. The van der Waals surface area contributed by atoms with E-state index < -0.39 is 22.8 Å². The van der Waals surface area contributed by atoms with Crippen LogP contribution in [0, 0.1) is 10.8 Å². The van der Waals surface area contributed by atoms with Crippen molar-refractivity contribution in [3.05, 3.63) is 0 Å². The maximum Gasteiger partial charge on any atom is 0.414 e. The Balaban J connectivity index is 0.000000375. The van der Waals surface area contributed by atoms with E-state index in [2.05, 4.69) is 9.47 Å². The minimum Gasteiger partial charge on any atom is -0.473 e. The molecule has 2 aliphatic heterocycles. The number of carbonyl (C=O) groups is 4. The number of rotatable bonds is 4. The highest BCUT2D eigenvalue weighted by molar-refractivity contribution is 6.27. The van der Waals surface area contributed by atoms with Gasteiger partial charge in [0, 0.05) is 13.1 Å². The number of nitrogens with two attached hydrogens (primary N) is 2. The molecule has 0 aromatic rings. The highest BCUT2D eigenvalue weighted by atomic mass is 16.6. The van der Waals surface area contributed by atoms with Crippen molar-refractivity contribution in [2.75, 3.05) is 53.7 Å². The van der Waals surface area contributed by atoms with E-state index in [0.717, 1.165) is 0 Å². The Kier molecular flexibility index (Phi) is 9.72. The molecule has 2 fully saturated rings. The van der Waals surface area contributed by atoms with Crippen molar-refractivity contribution in [2.45, 2.75) is 0 Å². The summed E-state index contributed by atoms with van der Waals surface area (Å²) in [4.78, 5) is 40.1. The van der Waals surface area contributed by atoms with Gasteiger partial charge in [0.05, 0.1) is 40.6 Å². The molecule has 0 bridgehead atoms. The van der Waals surface area contributed by atoms with Gasteiger partial charge in [0.25, 0.3) is 0 Å². The van der Waals surface area contributed by atoms with Crippen LogP contribution in [0.2, 0.25) is 0 Å². The van der Waals surface area contributed by atoms with Crippen molar-refractivity contribution in [3.8, 4) is 0 Å². The van der Waals surface area contributed by atoms with Crippen LogP contribution in [0.15, 0.2) is 0 Å². The lowest BCUT2D eigenvalue weighted by atomic mass is 9.86. The lowest BCUT2D eigenvalue weighted by Crippen LogP contribution is -2.54. The molecule has 2 heterocycles. The van der Waals surface area contributed by atoms with Gasteiger partial charge >= 0.3 is 23.9 Å². The molecule has 6 N–H and O–H groups in total. The van der Waals surface area contributed by atoms with Crippen LogP contribution in [0.1, 0.15) is 0 Å². The first-order valence-electron chi connectivity index (χ1n) is 7.33. The summed E-state index contributed by atoms with van der Waals surface area (Å²) in [7, 11) is 2.72. The number of carboxylic acids is 2. The fourth-order valence-corrected chi connectivity index (χ4v) is 1.77. The number of esters is 2.